The molecule has 2 aromatic carbocycles. The Labute approximate surface area is 111 Å². The van der Waals surface area contributed by atoms with Crippen LogP contribution in [0.1, 0.15) is 16.7 Å². The van der Waals surface area contributed by atoms with Crippen LogP contribution in [0.2, 0.25) is 0 Å². The van der Waals surface area contributed by atoms with Crippen molar-refractivity contribution in [2.45, 2.75) is 12.1 Å². The molecule has 0 unspecified atom stereocenters. The number of rotatable bonds is 1. The van der Waals surface area contributed by atoms with Crippen molar-refractivity contribution in [1.29, 1.82) is 0 Å². The quantitative estimate of drug-likeness (QED) is 0.556. The topological polar surface area (TPSA) is 0 Å². The highest BCUT2D eigenvalue weighted by Crippen LogP contribution is 2.49. The Hall–Kier alpha value is -1.91. The summed E-state index contributed by atoms with van der Waals surface area (Å²) in [5.74, 6) is -4.86. The van der Waals surface area contributed by atoms with E-state index in [0.717, 1.165) is 6.07 Å². The van der Waals surface area contributed by atoms with Crippen LogP contribution in [0.5, 0.6) is 0 Å². The number of alkyl halides is 5. The lowest BCUT2D eigenvalue weighted by atomic mass is 9.96. The standard InChI is InChI=1S/C15H8F5/c16-14(17,15(18,19)20)13-7-3-6-11-10-5-2-1-4-9(10)8-12(11)13/h1-8H. The van der Waals surface area contributed by atoms with Crippen molar-refractivity contribution in [3.05, 3.63) is 65.6 Å². The third kappa shape index (κ3) is 1.72. The summed E-state index contributed by atoms with van der Waals surface area (Å²) >= 11 is 0. The van der Waals surface area contributed by atoms with Gasteiger partial charge in [0.05, 0.1) is 0 Å². The van der Waals surface area contributed by atoms with E-state index in [2.05, 4.69) is 0 Å². The van der Waals surface area contributed by atoms with E-state index in [1.807, 2.05) is 0 Å². The fourth-order valence-electron chi connectivity index (χ4n) is 2.41. The molecule has 5 heteroatoms. The van der Waals surface area contributed by atoms with E-state index in [0.29, 0.717) is 16.7 Å². The van der Waals surface area contributed by atoms with Gasteiger partial charge in [0.1, 0.15) is 0 Å². The molecule has 103 valence electrons. The number of halogens is 5. The van der Waals surface area contributed by atoms with E-state index in [1.54, 1.807) is 30.3 Å². The summed E-state index contributed by atoms with van der Waals surface area (Å²) in [7, 11) is 0. The smallest absolute Gasteiger partial charge is 0.191 e. The van der Waals surface area contributed by atoms with Gasteiger partial charge in [-0.05, 0) is 22.3 Å². The van der Waals surface area contributed by atoms with Crippen molar-refractivity contribution in [3.8, 4) is 11.1 Å². The van der Waals surface area contributed by atoms with E-state index in [9.17, 15) is 22.0 Å². The molecule has 0 fully saturated rings. The van der Waals surface area contributed by atoms with Gasteiger partial charge in [-0.2, -0.15) is 22.0 Å². The van der Waals surface area contributed by atoms with Gasteiger partial charge in [-0.15, -0.1) is 0 Å². The van der Waals surface area contributed by atoms with Crippen LogP contribution in [-0.2, 0) is 5.92 Å². The average Bonchev–Trinajstić information content (AvgIpc) is 2.75. The van der Waals surface area contributed by atoms with E-state index in [-0.39, 0.29) is 5.56 Å². The fraction of sp³-hybridized carbons (Fsp3) is 0.133. The van der Waals surface area contributed by atoms with Gasteiger partial charge in [-0.1, -0.05) is 42.5 Å². The zero-order valence-electron chi connectivity index (χ0n) is 10.0. The van der Waals surface area contributed by atoms with Gasteiger partial charge in [0.25, 0.3) is 0 Å². The highest BCUT2D eigenvalue weighted by atomic mass is 19.4. The molecular weight excluding hydrogens is 275 g/mol. The van der Waals surface area contributed by atoms with Gasteiger partial charge in [0.15, 0.2) is 0 Å². The van der Waals surface area contributed by atoms with Crippen LogP contribution >= 0.6 is 0 Å². The monoisotopic (exact) mass is 283 g/mol. The molecule has 3 rings (SSSR count). The fourth-order valence-corrected chi connectivity index (χ4v) is 2.41. The zero-order chi connectivity index (χ0) is 14.5. The maximum atomic E-state index is 13.6. The van der Waals surface area contributed by atoms with Crippen molar-refractivity contribution in [3.63, 3.8) is 0 Å². The molecule has 1 radical (unpaired) electrons. The highest BCUT2D eigenvalue weighted by molar-refractivity contribution is 5.82. The maximum Gasteiger partial charge on any atom is 0.458 e. The second kappa shape index (κ2) is 4.04. The molecule has 0 spiro atoms. The first kappa shape index (κ1) is 13.1. The second-order valence-electron chi connectivity index (χ2n) is 4.57. The molecule has 2 aromatic rings. The van der Waals surface area contributed by atoms with E-state index in [4.69, 9.17) is 0 Å². The van der Waals surface area contributed by atoms with Crippen LogP contribution < -0.4 is 0 Å². The molecule has 0 saturated carbocycles. The molecule has 0 atom stereocenters. The normalized spacial score (nSPS) is 14.1. The van der Waals surface area contributed by atoms with Gasteiger partial charge in [0.2, 0.25) is 0 Å². The maximum absolute atomic E-state index is 13.6. The van der Waals surface area contributed by atoms with Crippen molar-refractivity contribution in [2.24, 2.45) is 0 Å². The molecule has 0 saturated heterocycles. The Bertz CT molecular complexity index is 670. The van der Waals surface area contributed by atoms with E-state index >= 15 is 0 Å². The number of fused-ring (bicyclic) bond motifs is 3. The molecule has 0 amide bonds. The number of benzene rings is 2. The molecule has 0 heterocycles. The summed E-state index contributed by atoms with van der Waals surface area (Å²) < 4.78 is 64.9. The minimum atomic E-state index is -5.61. The van der Waals surface area contributed by atoms with E-state index in [1.165, 1.54) is 12.5 Å². The van der Waals surface area contributed by atoms with Gasteiger partial charge in [0, 0.05) is 12.0 Å². The second-order valence-corrected chi connectivity index (χ2v) is 4.57. The largest absolute Gasteiger partial charge is 0.458 e. The minimum Gasteiger partial charge on any atom is -0.191 e. The lowest BCUT2D eigenvalue weighted by molar-refractivity contribution is -0.289. The summed E-state index contributed by atoms with van der Waals surface area (Å²) in [5.41, 5.74) is 0.659. The Morgan fingerprint density at radius 3 is 2.05 bits per heavy atom. The first-order chi connectivity index (χ1) is 9.32. The minimum absolute atomic E-state index is 0.0592. The Balaban J connectivity index is 2.20. The van der Waals surface area contributed by atoms with Crippen LogP contribution in [0.3, 0.4) is 0 Å². The SMILES string of the molecule is FC(F)(F)C(F)(F)c1cccc2c1[CH]c1ccccc1-2. The van der Waals surface area contributed by atoms with Crippen LogP contribution in [-0.4, -0.2) is 6.18 Å². The van der Waals surface area contributed by atoms with Crippen LogP contribution in [0.15, 0.2) is 42.5 Å². The highest BCUT2D eigenvalue weighted by Gasteiger charge is 2.59. The van der Waals surface area contributed by atoms with Gasteiger partial charge < -0.3 is 0 Å². The number of hydrogen-bond acceptors (Lipinski definition) is 0. The molecule has 20 heavy (non-hydrogen) atoms. The zero-order valence-corrected chi connectivity index (χ0v) is 10.0. The average molecular weight is 283 g/mol. The predicted molar refractivity (Wildman–Crippen MR) is 64.3 cm³/mol. The molecule has 0 N–H and O–H groups in total. The Kier molecular flexibility index (Phi) is 2.64. The molecule has 0 bridgehead atoms. The Morgan fingerprint density at radius 2 is 1.35 bits per heavy atom. The summed E-state index contributed by atoms with van der Waals surface area (Å²) in [4.78, 5) is 0. The summed E-state index contributed by atoms with van der Waals surface area (Å²) in [6, 6.07) is 10.4. The molecule has 1 aliphatic carbocycles. The van der Waals surface area contributed by atoms with Crippen LogP contribution in [0.4, 0.5) is 22.0 Å². The van der Waals surface area contributed by atoms with Gasteiger partial charge in [-0.3, -0.25) is 0 Å². The molecule has 0 nitrogen and oxygen atoms in total. The summed E-state index contributed by atoms with van der Waals surface area (Å²) in [6.07, 6.45) is -4.23. The van der Waals surface area contributed by atoms with Crippen LogP contribution in [0.25, 0.3) is 11.1 Å². The van der Waals surface area contributed by atoms with Crippen molar-refractivity contribution < 1.29 is 22.0 Å². The number of hydrogen-bond donors (Lipinski definition) is 0. The molecule has 0 aliphatic heterocycles. The predicted octanol–water partition coefficient (Wildman–Crippen LogP) is 4.92. The third-order valence-corrected chi connectivity index (χ3v) is 3.35. The first-order valence-corrected chi connectivity index (χ1v) is 5.84. The van der Waals surface area contributed by atoms with E-state index < -0.39 is 17.7 Å². The first-order valence-electron chi connectivity index (χ1n) is 5.84. The van der Waals surface area contributed by atoms with Gasteiger partial charge in [-0.25, -0.2) is 0 Å². The Morgan fingerprint density at radius 1 is 0.700 bits per heavy atom. The van der Waals surface area contributed by atoms with Crippen LogP contribution in [0, 0.1) is 6.42 Å². The lowest BCUT2D eigenvalue weighted by Crippen LogP contribution is -2.34. The summed E-state index contributed by atoms with van der Waals surface area (Å²) in [6.45, 7) is 0. The van der Waals surface area contributed by atoms with Crippen molar-refractivity contribution >= 4 is 0 Å². The van der Waals surface area contributed by atoms with Crippen molar-refractivity contribution in [1.82, 2.24) is 0 Å². The molecular formula is C15H8F5. The lowest BCUT2D eigenvalue weighted by Gasteiger charge is -2.22. The molecule has 1 aliphatic rings. The third-order valence-electron chi connectivity index (χ3n) is 3.35. The summed E-state index contributed by atoms with van der Waals surface area (Å²) in [5, 5.41) is 0. The van der Waals surface area contributed by atoms with Crippen molar-refractivity contribution in [2.75, 3.05) is 0 Å². The van der Waals surface area contributed by atoms with Gasteiger partial charge >= 0.3 is 12.1 Å². The molecule has 0 aromatic heterocycles.